The SMILES string of the molecule is COC(=O)/C=C/c1ccc(-c2cccc(Cl)c2C)o1. The summed E-state index contributed by atoms with van der Waals surface area (Å²) >= 11 is 6.08. The molecule has 0 atom stereocenters. The van der Waals surface area contributed by atoms with Crippen molar-refractivity contribution in [2.75, 3.05) is 7.11 Å². The van der Waals surface area contributed by atoms with Crippen LogP contribution in [0.15, 0.2) is 40.8 Å². The zero-order valence-electron chi connectivity index (χ0n) is 10.6. The molecule has 0 unspecified atom stereocenters. The fourth-order valence-corrected chi connectivity index (χ4v) is 1.85. The molecule has 0 N–H and O–H groups in total. The molecule has 19 heavy (non-hydrogen) atoms. The van der Waals surface area contributed by atoms with Crippen molar-refractivity contribution in [1.29, 1.82) is 0 Å². The molecular weight excluding hydrogens is 264 g/mol. The van der Waals surface area contributed by atoms with E-state index < -0.39 is 5.97 Å². The summed E-state index contributed by atoms with van der Waals surface area (Å²) in [5, 5.41) is 0.695. The van der Waals surface area contributed by atoms with Gasteiger partial charge < -0.3 is 9.15 Å². The van der Waals surface area contributed by atoms with Gasteiger partial charge in [0.15, 0.2) is 0 Å². The van der Waals surface area contributed by atoms with Gasteiger partial charge >= 0.3 is 5.97 Å². The van der Waals surface area contributed by atoms with Crippen LogP contribution in [0.4, 0.5) is 0 Å². The molecule has 0 aliphatic carbocycles. The Morgan fingerprint density at radius 1 is 1.32 bits per heavy atom. The fraction of sp³-hybridized carbons (Fsp3) is 0.133. The van der Waals surface area contributed by atoms with E-state index in [-0.39, 0.29) is 0 Å². The first kappa shape index (κ1) is 13.4. The number of carbonyl (C=O) groups excluding carboxylic acids is 1. The Balaban J connectivity index is 2.28. The van der Waals surface area contributed by atoms with Crippen LogP contribution < -0.4 is 0 Å². The van der Waals surface area contributed by atoms with Gasteiger partial charge in [0, 0.05) is 16.7 Å². The van der Waals surface area contributed by atoms with Crippen LogP contribution in [0.5, 0.6) is 0 Å². The van der Waals surface area contributed by atoms with Gasteiger partial charge in [-0.3, -0.25) is 0 Å². The van der Waals surface area contributed by atoms with E-state index in [0.29, 0.717) is 16.5 Å². The standard InChI is InChI=1S/C15H13ClO3/c1-10-12(4-3-5-13(10)16)14-8-6-11(19-14)7-9-15(17)18-2/h3-9H,1-2H3/b9-7+. The first-order valence-corrected chi connectivity index (χ1v) is 6.11. The van der Waals surface area contributed by atoms with Gasteiger partial charge in [-0.15, -0.1) is 0 Å². The van der Waals surface area contributed by atoms with E-state index in [1.54, 1.807) is 12.1 Å². The lowest BCUT2D eigenvalue weighted by atomic mass is 10.1. The molecule has 4 heteroatoms. The summed E-state index contributed by atoms with van der Waals surface area (Å²) in [6.07, 6.45) is 2.88. The van der Waals surface area contributed by atoms with E-state index in [2.05, 4.69) is 4.74 Å². The van der Waals surface area contributed by atoms with Gasteiger partial charge in [-0.1, -0.05) is 23.7 Å². The van der Waals surface area contributed by atoms with Gasteiger partial charge in [0.1, 0.15) is 11.5 Å². The molecule has 2 rings (SSSR count). The molecule has 98 valence electrons. The monoisotopic (exact) mass is 276 g/mol. The first-order chi connectivity index (χ1) is 9.11. The highest BCUT2D eigenvalue weighted by Gasteiger charge is 2.08. The predicted octanol–water partition coefficient (Wildman–Crippen LogP) is 4.09. The number of hydrogen-bond acceptors (Lipinski definition) is 3. The number of furan rings is 1. The molecule has 1 aromatic carbocycles. The van der Waals surface area contributed by atoms with Crippen molar-refractivity contribution in [3.8, 4) is 11.3 Å². The van der Waals surface area contributed by atoms with Crippen molar-refractivity contribution in [2.24, 2.45) is 0 Å². The number of rotatable bonds is 3. The van der Waals surface area contributed by atoms with Crippen LogP contribution in [0.3, 0.4) is 0 Å². The second-order valence-electron chi connectivity index (χ2n) is 3.97. The van der Waals surface area contributed by atoms with Gasteiger partial charge in [0.05, 0.1) is 7.11 Å². The van der Waals surface area contributed by atoms with Crippen LogP contribution >= 0.6 is 11.6 Å². The van der Waals surface area contributed by atoms with E-state index >= 15 is 0 Å². The number of methoxy groups -OCH3 is 1. The van der Waals surface area contributed by atoms with Crippen LogP contribution in [-0.4, -0.2) is 13.1 Å². The van der Waals surface area contributed by atoms with Crippen molar-refractivity contribution < 1.29 is 13.9 Å². The summed E-state index contributed by atoms with van der Waals surface area (Å²) in [7, 11) is 1.33. The third-order valence-corrected chi connectivity index (χ3v) is 3.15. The normalized spacial score (nSPS) is 10.9. The molecule has 0 fully saturated rings. The van der Waals surface area contributed by atoms with E-state index in [1.807, 2.05) is 31.2 Å². The Morgan fingerprint density at radius 2 is 2.11 bits per heavy atom. The second-order valence-corrected chi connectivity index (χ2v) is 4.38. The minimum atomic E-state index is -0.420. The van der Waals surface area contributed by atoms with Crippen LogP contribution in [-0.2, 0) is 9.53 Å². The molecule has 0 saturated carbocycles. The Labute approximate surface area is 116 Å². The topological polar surface area (TPSA) is 39.4 Å². The van der Waals surface area contributed by atoms with E-state index in [4.69, 9.17) is 16.0 Å². The quantitative estimate of drug-likeness (QED) is 0.626. The average Bonchev–Trinajstić information content (AvgIpc) is 2.87. The van der Waals surface area contributed by atoms with Crippen molar-refractivity contribution in [3.63, 3.8) is 0 Å². The number of ether oxygens (including phenoxy) is 1. The maximum atomic E-state index is 11.0. The van der Waals surface area contributed by atoms with E-state index in [0.717, 1.165) is 11.1 Å². The van der Waals surface area contributed by atoms with Crippen LogP contribution in [0.2, 0.25) is 5.02 Å². The highest BCUT2D eigenvalue weighted by molar-refractivity contribution is 6.31. The summed E-state index contributed by atoms with van der Waals surface area (Å²) in [6, 6.07) is 9.27. The van der Waals surface area contributed by atoms with Gasteiger partial charge in [-0.2, -0.15) is 0 Å². The Hall–Kier alpha value is -2.00. The maximum Gasteiger partial charge on any atom is 0.330 e. The van der Waals surface area contributed by atoms with Crippen molar-refractivity contribution >= 4 is 23.6 Å². The largest absolute Gasteiger partial charge is 0.466 e. The molecule has 1 aromatic heterocycles. The molecule has 0 radical (unpaired) electrons. The fourth-order valence-electron chi connectivity index (χ4n) is 1.68. The summed E-state index contributed by atoms with van der Waals surface area (Å²) in [5.74, 6) is 0.876. The first-order valence-electron chi connectivity index (χ1n) is 5.73. The van der Waals surface area contributed by atoms with Crippen LogP contribution in [0.1, 0.15) is 11.3 Å². The minimum absolute atomic E-state index is 0.420. The highest BCUT2D eigenvalue weighted by atomic mass is 35.5. The Morgan fingerprint density at radius 3 is 2.84 bits per heavy atom. The van der Waals surface area contributed by atoms with Crippen LogP contribution in [0.25, 0.3) is 17.4 Å². The molecule has 0 saturated heterocycles. The minimum Gasteiger partial charge on any atom is -0.466 e. The summed E-state index contributed by atoms with van der Waals surface area (Å²) < 4.78 is 10.2. The molecule has 2 aromatic rings. The van der Waals surface area contributed by atoms with Gasteiger partial charge in [-0.05, 0) is 36.8 Å². The lowest BCUT2D eigenvalue weighted by Gasteiger charge is -2.03. The van der Waals surface area contributed by atoms with Gasteiger partial charge in [0.2, 0.25) is 0 Å². The lowest BCUT2D eigenvalue weighted by molar-refractivity contribution is -0.134. The number of carbonyl (C=O) groups is 1. The van der Waals surface area contributed by atoms with Crippen molar-refractivity contribution in [2.45, 2.75) is 6.92 Å². The zero-order chi connectivity index (χ0) is 13.8. The second kappa shape index (κ2) is 5.76. The molecule has 3 nitrogen and oxygen atoms in total. The number of hydrogen-bond donors (Lipinski definition) is 0. The number of halogens is 1. The average molecular weight is 277 g/mol. The van der Waals surface area contributed by atoms with E-state index in [9.17, 15) is 4.79 Å². The molecule has 0 bridgehead atoms. The molecule has 1 heterocycles. The lowest BCUT2D eigenvalue weighted by Crippen LogP contribution is -1.92. The third-order valence-electron chi connectivity index (χ3n) is 2.74. The molecule has 0 aliphatic heterocycles. The third kappa shape index (κ3) is 3.06. The van der Waals surface area contributed by atoms with Gasteiger partial charge in [-0.25, -0.2) is 4.79 Å². The van der Waals surface area contributed by atoms with Crippen LogP contribution in [0, 0.1) is 6.92 Å². The number of benzene rings is 1. The summed E-state index contributed by atoms with van der Waals surface area (Å²) in [5.41, 5.74) is 1.90. The molecule has 0 spiro atoms. The summed E-state index contributed by atoms with van der Waals surface area (Å²) in [4.78, 5) is 11.0. The number of esters is 1. The Bertz CT molecular complexity index is 626. The van der Waals surface area contributed by atoms with Gasteiger partial charge in [0.25, 0.3) is 0 Å². The molecule has 0 aliphatic rings. The van der Waals surface area contributed by atoms with Crippen molar-refractivity contribution in [1.82, 2.24) is 0 Å². The zero-order valence-corrected chi connectivity index (χ0v) is 11.4. The Kier molecular flexibility index (Phi) is 4.07. The summed E-state index contributed by atoms with van der Waals surface area (Å²) in [6.45, 7) is 1.93. The van der Waals surface area contributed by atoms with E-state index in [1.165, 1.54) is 13.2 Å². The van der Waals surface area contributed by atoms with Crippen molar-refractivity contribution in [3.05, 3.63) is 52.8 Å². The highest BCUT2D eigenvalue weighted by Crippen LogP contribution is 2.29. The molecular formula is C15H13ClO3. The molecule has 0 amide bonds. The smallest absolute Gasteiger partial charge is 0.330 e. The maximum absolute atomic E-state index is 11.0. The predicted molar refractivity (Wildman–Crippen MR) is 74.9 cm³/mol.